The molecule has 32 heavy (non-hydrogen) atoms. The first-order valence-electron chi connectivity index (χ1n) is 11.5. The normalized spacial score (nSPS) is 14.9. The van der Waals surface area contributed by atoms with Crippen molar-refractivity contribution in [3.8, 4) is 0 Å². The molecule has 0 atom stereocenters. The first-order valence-corrected chi connectivity index (χ1v) is 11.5. The fourth-order valence-electron chi connectivity index (χ4n) is 4.48. The molecular weight excluding hydrogens is 390 g/mol. The van der Waals surface area contributed by atoms with Gasteiger partial charge >= 0.3 is 0 Å². The van der Waals surface area contributed by atoms with Gasteiger partial charge in [0.1, 0.15) is 0 Å². The Morgan fingerprint density at radius 3 is 2.31 bits per heavy atom. The summed E-state index contributed by atoms with van der Waals surface area (Å²) in [4.78, 5) is 7.29. The Morgan fingerprint density at radius 1 is 0.938 bits per heavy atom. The van der Waals surface area contributed by atoms with Crippen LogP contribution in [0.4, 0.5) is 22.7 Å². The Labute approximate surface area is 192 Å². The molecule has 0 fully saturated rings. The Hall–Kier alpha value is -3.33. The number of benzene rings is 3. The van der Waals surface area contributed by atoms with E-state index in [1.54, 1.807) is 0 Å². The molecule has 3 aromatic rings. The maximum atomic E-state index is 4.76. The molecule has 0 amide bonds. The molecule has 164 valence electrons. The lowest BCUT2D eigenvalue weighted by Gasteiger charge is -2.43. The minimum absolute atomic E-state index is 0.0324. The topological polar surface area (TPSA) is 27.6 Å². The predicted octanol–water partition coefficient (Wildman–Crippen LogP) is 7.90. The summed E-state index contributed by atoms with van der Waals surface area (Å²) >= 11 is 0. The van der Waals surface area contributed by atoms with Crippen LogP contribution in [0.5, 0.6) is 0 Å². The summed E-state index contributed by atoms with van der Waals surface area (Å²) in [5.74, 6) is 0. The predicted molar refractivity (Wildman–Crippen MR) is 140 cm³/mol. The van der Waals surface area contributed by atoms with Crippen LogP contribution in [0, 0.1) is 6.92 Å². The molecule has 0 unspecified atom stereocenters. The molecule has 1 aliphatic heterocycles. The molecular formula is C29H33N3. The van der Waals surface area contributed by atoms with Gasteiger partial charge < -0.3 is 10.2 Å². The van der Waals surface area contributed by atoms with Crippen molar-refractivity contribution in [2.75, 3.05) is 16.8 Å². The molecule has 1 aliphatic rings. The molecule has 0 saturated carbocycles. The van der Waals surface area contributed by atoms with Crippen LogP contribution in [0.15, 0.2) is 77.8 Å². The van der Waals surface area contributed by atoms with Crippen LogP contribution in [0.3, 0.4) is 0 Å². The summed E-state index contributed by atoms with van der Waals surface area (Å²) in [6.07, 6.45) is 5.51. The van der Waals surface area contributed by atoms with Gasteiger partial charge in [-0.15, -0.1) is 0 Å². The number of anilines is 3. The third-order valence-electron chi connectivity index (χ3n) is 6.10. The zero-order valence-corrected chi connectivity index (χ0v) is 19.8. The van der Waals surface area contributed by atoms with Crippen molar-refractivity contribution < 1.29 is 0 Å². The van der Waals surface area contributed by atoms with Gasteiger partial charge in [0.05, 0.1) is 11.2 Å². The maximum absolute atomic E-state index is 4.76. The highest BCUT2D eigenvalue weighted by molar-refractivity contribution is 5.90. The van der Waals surface area contributed by atoms with Gasteiger partial charge in [-0.25, -0.2) is 0 Å². The number of hydrogen-bond acceptors (Lipinski definition) is 3. The van der Waals surface area contributed by atoms with Crippen molar-refractivity contribution in [2.45, 2.75) is 46.6 Å². The van der Waals surface area contributed by atoms with E-state index in [9.17, 15) is 0 Å². The minimum Gasteiger partial charge on any atom is -0.362 e. The monoisotopic (exact) mass is 423 g/mol. The number of para-hydroxylation sites is 1. The molecule has 3 nitrogen and oxygen atoms in total. The first-order chi connectivity index (χ1) is 15.4. The number of allylic oxidation sites excluding steroid dienone is 1. The second-order valence-electron chi connectivity index (χ2n) is 9.15. The second-order valence-corrected chi connectivity index (χ2v) is 9.15. The molecule has 1 heterocycles. The third-order valence-corrected chi connectivity index (χ3v) is 6.10. The smallest absolute Gasteiger partial charge is 0.0631 e. The Kier molecular flexibility index (Phi) is 6.18. The van der Waals surface area contributed by atoms with E-state index in [2.05, 4.69) is 87.3 Å². The summed E-state index contributed by atoms with van der Waals surface area (Å²) in [6, 6.07) is 23.1. The van der Waals surface area contributed by atoms with Crippen LogP contribution in [-0.2, 0) is 0 Å². The van der Waals surface area contributed by atoms with Crippen LogP contribution >= 0.6 is 0 Å². The third kappa shape index (κ3) is 4.62. The van der Waals surface area contributed by atoms with E-state index >= 15 is 0 Å². The lowest BCUT2D eigenvalue weighted by molar-refractivity contribution is 0.550. The summed E-state index contributed by atoms with van der Waals surface area (Å²) < 4.78 is 0. The van der Waals surface area contributed by atoms with Crippen LogP contribution < -0.4 is 10.2 Å². The molecule has 3 aromatic carbocycles. The van der Waals surface area contributed by atoms with Gasteiger partial charge in [0.25, 0.3) is 0 Å². The number of nitrogens with zero attached hydrogens (tertiary/aromatic N) is 2. The molecule has 0 aromatic heterocycles. The molecule has 0 radical (unpaired) electrons. The number of hydrogen-bond donors (Lipinski definition) is 1. The first kappa shape index (κ1) is 21.9. The van der Waals surface area contributed by atoms with Gasteiger partial charge in [-0.05, 0) is 99.3 Å². The van der Waals surface area contributed by atoms with E-state index < -0.39 is 0 Å². The van der Waals surface area contributed by atoms with Gasteiger partial charge in [-0.1, -0.05) is 31.2 Å². The van der Waals surface area contributed by atoms with E-state index in [1.165, 1.54) is 28.0 Å². The van der Waals surface area contributed by atoms with Crippen LogP contribution in [0.1, 0.15) is 50.8 Å². The van der Waals surface area contributed by atoms with E-state index in [-0.39, 0.29) is 5.54 Å². The van der Waals surface area contributed by atoms with Gasteiger partial charge in [0.15, 0.2) is 0 Å². The zero-order valence-electron chi connectivity index (χ0n) is 19.8. The standard InChI is InChI=1S/C29H33N3/c1-6-16-32-28-17-21(2)23(18-27(28)22(3)19-29(32,4)5)20-30-24-12-14-26(15-13-24)31-25-10-8-7-9-11-25/h7-15,17-20,31H,6,16H2,1-5H3. The number of fused-ring (bicyclic) bond motifs is 1. The lowest BCUT2D eigenvalue weighted by Crippen LogP contribution is -2.45. The van der Waals surface area contributed by atoms with E-state index in [0.717, 1.165) is 30.0 Å². The van der Waals surface area contributed by atoms with Crippen molar-refractivity contribution in [1.29, 1.82) is 0 Å². The molecule has 1 N–H and O–H groups in total. The molecule has 0 bridgehead atoms. The van der Waals surface area contributed by atoms with E-state index in [0.29, 0.717) is 0 Å². The fourth-order valence-corrected chi connectivity index (χ4v) is 4.48. The minimum atomic E-state index is 0.0324. The van der Waals surface area contributed by atoms with Gasteiger partial charge in [-0.3, -0.25) is 4.99 Å². The SMILES string of the molecule is CCCN1c2cc(C)c(C=Nc3ccc(Nc4ccccc4)cc3)cc2C(C)=CC1(C)C. The highest BCUT2D eigenvalue weighted by atomic mass is 15.2. The largest absolute Gasteiger partial charge is 0.362 e. The van der Waals surface area contributed by atoms with Crippen molar-refractivity contribution in [3.63, 3.8) is 0 Å². The van der Waals surface area contributed by atoms with Gasteiger partial charge in [-0.2, -0.15) is 0 Å². The average Bonchev–Trinajstić information content (AvgIpc) is 2.77. The Balaban J connectivity index is 1.57. The van der Waals surface area contributed by atoms with Crippen LogP contribution in [0.25, 0.3) is 5.57 Å². The van der Waals surface area contributed by atoms with Gasteiger partial charge in [0.2, 0.25) is 0 Å². The van der Waals surface area contributed by atoms with Crippen LogP contribution in [0.2, 0.25) is 0 Å². The molecule has 0 spiro atoms. The Bertz CT molecular complexity index is 1140. The average molecular weight is 424 g/mol. The molecule has 4 rings (SSSR count). The maximum Gasteiger partial charge on any atom is 0.0631 e. The lowest BCUT2D eigenvalue weighted by atomic mass is 9.87. The van der Waals surface area contributed by atoms with Crippen molar-refractivity contribution >= 4 is 34.5 Å². The quantitative estimate of drug-likeness (QED) is 0.408. The van der Waals surface area contributed by atoms with Crippen LogP contribution in [-0.4, -0.2) is 18.3 Å². The molecule has 3 heteroatoms. The highest BCUT2D eigenvalue weighted by Gasteiger charge is 2.31. The summed E-state index contributed by atoms with van der Waals surface area (Å²) in [5, 5.41) is 3.41. The number of aryl methyl sites for hydroxylation is 1. The van der Waals surface area contributed by atoms with E-state index in [4.69, 9.17) is 4.99 Å². The Morgan fingerprint density at radius 2 is 1.62 bits per heavy atom. The zero-order chi connectivity index (χ0) is 22.7. The van der Waals surface area contributed by atoms with E-state index in [1.807, 2.05) is 36.5 Å². The fraction of sp³-hybridized carbons (Fsp3) is 0.276. The molecule has 0 aliphatic carbocycles. The van der Waals surface area contributed by atoms with Gasteiger partial charge in [0, 0.05) is 35.4 Å². The van der Waals surface area contributed by atoms with Crippen molar-refractivity contribution in [1.82, 2.24) is 0 Å². The summed E-state index contributed by atoms with van der Waals surface area (Å²) in [7, 11) is 0. The molecule has 0 saturated heterocycles. The highest BCUT2D eigenvalue weighted by Crippen LogP contribution is 2.40. The summed E-state index contributed by atoms with van der Waals surface area (Å²) in [6.45, 7) is 12.3. The number of nitrogens with one attached hydrogen (secondary N) is 1. The number of rotatable bonds is 6. The number of aliphatic imine (C=N–C) groups is 1. The van der Waals surface area contributed by atoms with Crippen molar-refractivity contribution in [2.24, 2.45) is 4.99 Å². The second kappa shape index (κ2) is 9.04. The van der Waals surface area contributed by atoms with Crippen molar-refractivity contribution in [3.05, 3.63) is 89.5 Å². The summed E-state index contributed by atoms with van der Waals surface area (Å²) in [5.41, 5.74) is 9.52.